The molecule has 1 aromatic rings. The second-order valence-electron chi connectivity index (χ2n) is 6.09. The number of carboxylic acids is 1. The average Bonchev–Trinajstić information content (AvgIpc) is 3.25. The van der Waals surface area contributed by atoms with Gasteiger partial charge in [0.2, 0.25) is 0 Å². The second kappa shape index (κ2) is 7.19. The van der Waals surface area contributed by atoms with Gasteiger partial charge in [-0.05, 0) is 43.0 Å². The summed E-state index contributed by atoms with van der Waals surface area (Å²) in [5, 5.41) is 9.32. The highest BCUT2D eigenvalue weighted by molar-refractivity contribution is 7.91. The molecule has 0 spiro atoms. The Morgan fingerprint density at radius 2 is 1.80 bits per heavy atom. The van der Waals surface area contributed by atoms with E-state index in [0.717, 1.165) is 24.3 Å². The Balaban J connectivity index is 2.32. The van der Waals surface area contributed by atoms with E-state index in [1.807, 2.05) is 0 Å². The highest BCUT2D eigenvalue weighted by Gasteiger charge is 2.40. The topological polar surface area (TPSA) is 74.7 Å². The van der Waals surface area contributed by atoms with Gasteiger partial charge in [0.15, 0.2) is 9.84 Å². The Morgan fingerprint density at radius 1 is 1.24 bits per heavy atom. The first kappa shape index (κ1) is 19.5. The molecule has 0 radical (unpaired) electrons. The van der Waals surface area contributed by atoms with Gasteiger partial charge in [0.05, 0.1) is 11.5 Å². The van der Waals surface area contributed by atoms with Crippen molar-refractivity contribution in [3.05, 3.63) is 30.1 Å². The predicted octanol–water partition coefficient (Wildman–Crippen LogP) is 2.47. The SMILES string of the molecule is O=C(O)[C@H](CS(=O)(=O)CC1CC1)N(CC(F)(F)F)c1ccc(F)cc1. The monoisotopic (exact) mass is 383 g/mol. The summed E-state index contributed by atoms with van der Waals surface area (Å²) in [7, 11) is -3.84. The molecular formula is C15H17F4NO4S. The molecule has 10 heteroatoms. The van der Waals surface area contributed by atoms with E-state index in [4.69, 9.17) is 0 Å². The lowest BCUT2D eigenvalue weighted by Crippen LogP contribution is -2.50. The van der Waals surface area contributed by atoms with Gasteiger partial charge in [-0.15, -0.1) is 0 Å². The number of carbonyl (C=O) groups is 1. The molecule has 0 saturated heterocycles. The van der Waals surface area contributed by atoms with Gasteiger partial charge in [0, 0.05) is 5.69 Å². The molecular weight excluding hydrogens is 366 g/mol. The summed E-state index contributed by atoms with van der Waals surface area (Å²) in [6.07, 6.45) is -3.34. The number of hydrogen-bond acceptors (Lipinski definition) is 4. The minimum Gasteiger partial charge on any atom is -0.480 e. The molecule has 0 heterocycles. The van der Waals surface area contributed by atoms with Crippen molar-refractivity contribution >= 4 is 21.5 Å². The van der Waals surface area contributed by atoms with Gasteiger partial charge >= 0.3 is 12.1 Å². The van der Waals surface area contributed by atoms with Crippen molar-refractivity contribution in [3.63, 3.8) is 0 Å². The lowest BCUT2D eigenvalue weighted by atomic mass is 10.2. The van der Waals surface area contributed by atoms with Crippen LogP contribution in [0.4, 0.5) is 23.2 Å². The van der Waals surface area contributed by atoms with Crippen LogP contribution in [0.1, 0.15) is 12.8 Å². The molecule has 5 nitrogen and oxygen atoms in total. The average molecular weight is 383 g/mol. The minimum absolute atomic E-state index is 0.0543. The summed E-state index contributed by atoms with van der Waals surface area (Å²) in [6, 6.07) is 1.83. The number of carboxylic acid groups (broad SMARTS) is 1. The Kier molecular flexibility index (Phi) is 5.60. The maximum absolute atomic E-state index is 13.0. The number of sulfone groups is 1. The van der Waals surface area contributed by atoms with E-state index in [9.17, 15) is 35.9 Å². The first-order valence-electron chi connectivity index (χ1n) is 7.49. The van der Waals surface area contributed by atoms with Crippen LogP contribution < -0.4 is 4.90 Å². The van der Waals surface area contributed by atoms with E-state index in [1.165, 1.54) is 0 Å². The number of aliphatic carboxylic acids is 1. The second-order valence-corrected chi connectivity index (χ2v) is 8.25. The lowest BCUT2D eigenvalue weighted by molar-refractivity contribution is -0.140. The molecule has 0 aromatic heterocycles. The van der Waals surface area contributed by atoms with Gasteiger partial charge in [-0.3, -0.25) is 0 Å². The van der Waals surface area contributed by atoms with E-state index in [1.54, 1.807) is 0 Å². The third kappa shape index (κ3) is 6.18. The quantitative estimate of drug-likeness (QED) is 0.698. The van der Waals surface area contributed by atoms with Crippen LogP contribution in [0.5, 0.6) is 0 Å². The maximum Gasteiger partial charge on any atom is 0.405 e. The molecule has 0 bridgehead atoms. The molecule has 1 fully saturated rings. The third-order valence-electron chi connectivity index (χ3n) is 3.77. The van der Waals surface area contributed by atoms with E-state index in [2.05, 4.69) is 0 Å². The number of hydrogen-bond donors (Lipinski definition) is 1. The van der Waals surface area contributed by atoms with Crippen LogP contribution in [-0.2, 0) is 14.6 Å². The van der Waals surface area contributed by atoms with Crippen LogP contribution in [0.25, 0.3) is 0 Å². The molecule has 25 heavy (non-hydrogen) atoms. The van der Waals surface area contributed by atoms with Gasteiger partial charge < -0.3 is 10.0 Å². The zero-order chi connectivity index (χ0) is 18.8. The van der Waals surface area contributed by atoms with Gasteiger partial charge in [0.25, 0.3) is 0 Å². The predicted molar refractivity (Wildman–Crippen MR) is 82.6 cm³/mol. The zero-order valence-electron chi connectivity index (χ0n) is 13.0. The standard InChI is InChI=1S/C15H17F4NO4S/c16-11-3-5-12(6-4-11)20(9-15(17,18)19)13(14(21)22)8-25(23,24)7-10-1-2-10/h3-6,10,13H,1-2,7-9H2,(H,21,22)/t13-/m0/s1. The summed E-state index contributed by atoms with van der Waals surface area (Å²) < 4.78 is 75.9. The maximum atomic E-state index is 13.0. The summed E-state index contributed by atoms with van der Waals surface area (Å²) in [5.74, 6) is -3.62. The molecule has 1 aromatic carbocycles. The highest BCUT2D eigenvalue weighted by atomic mass is 32.2. The number of nitrogens with zero attached hydrogens (tertiary/aromatic N) is 1. The van der Waals surface area contributed by atoms with Crippen LogP contribution in [0.3, 0.4) is 0 Å². The zero-order valence-corrected chi connectivity index (χ0v) is 13.9. The summed E-state index contributed by atoms with van der Waals surface area (Å²) in [6.45, 7) is -1.66. The largest absolute Gasteiger partial charge is 0.480 e. The van der Waals surface area contributed by atoms with Crippen LogP contribution in [-0.4, -0.2) is 49.8 Å². The van der Waals surface area contributed by atoms with Crippen molar-refractivity contribution in [2.75, 3.05) is 23.0 Å². The van der Waals surface area contributed by atoms with Crippen molar-refractivity contribution in [1.82, 2.24) is 0 Å². The highest BCUT2D eigenvalue weighted by Crippen LogP contribution is 2.31. The molecule has 0 aliphatic heterocycles. The fraction of sp³-hybridized carbons (Fsp3) is 0.533. The van der Waals surface area contributed by atoms with Crippen LogP contribution >= 0.6 is 0 Å². The number of rotatable bonds is 8. The molecule has 1 aliphatic carbocycles. The van der Waals surface area contributed by atoms with Crippen LogP contribution in [0, 0.1) is 11.7 Å². The molecule has 0 amide bonds. The van der Waals surface area contributed by atoms with Crippen molar-refractivity contribution in [2.45, 2.75) is 25.1 Å². The molecule has 1 atom stereocenters. The van der Waals surface area contributed by atoms with Crippen molar-refractivity contribution in [1.29, 1.82) is 0 Å². The van der Waals surface area contributed by atoms with Crippen molar-refractivity contribution in [3.8, 4) is 0 Å². The Labute approximate surface area is 142 Å². The third-order valence-corrected chi connectivity index (χ3v) is 5.57. The Bertz CT molecular complexity index is 714. The van der Waals surface area contributed by atoms with Crippen LogP contribution in [0.2, 0.25) is 0 Å². The Morgan fingerprint density at radius 3 is 2.24 bits per heavy atom. The number of halogens is 4. The fourth-order valence-corrected chi connectivity index (χ4v) is 4.45. The summed E-state index contributed by atoms with van der Waals surface area (Å²) in [4.78, 5) is 11.9. The summed E-state index contributed by atoms with van der Waals surface area (Å²) >= 11 is 0. The molecule has 0 unspecified atom stereocenters. The van der Waals surface area contributed by atoms with Crippen LogP contribution in [0.15, 0.2) is 24.3 Å². The van der Waals surface area contributed by atoms with E-state index < -0.39 is 46.1 Å². The first-order valence-corrected chi connectivity index (χ1v) is 9.31. The van der Waals surface area contributed by atoms with Gasteiger partial charge in [-0.25, -0.2) is 17.6 Å². The van der Waals surface area contributed by atoms with E-state index in [-0.39, 0.29) is 17.4 Å². The van der Waals surface area contributed by atoms with Crippen molar-refractivity contribution < 1.29 is 35.9 Å². The summed E-state index contributed by atoms with van der Waals surface area (Å²) in [5.41, 5.74) is -0.215. The molecule has 2 rings (SSSR count). The normalized spacial score (nSPS) is 16.5. The number of alkyl halides is 3. The van der Waals surface area contributed by atoms with Gasteiger partial charge in [0.1, 0.15) is 18.4 Å². The molecule has 1 N–H and O–H groups in total. The van der Waals surface area contributed by atoms with E-state index in [0.29, 0.717) is 17.7 Å². The molecule has 1 aliphatic rings. The first-order chi connectivity index (χ1) is 11.5. The lowest BCUT2D eigenvalue weighted by Gasteiger charge is -2.31. The van der Waals surface area contributed by atoms with E-state index >= 15 is 0 Å². The molecule has 1 saturated carbocycles. The smallest absolute Gasteiger partial charge is 0.405 e. The molecule has 140 valence electrons. The Hall–Kier alpha value is -1.84. The number of anilines is 1. The number of benzene rings is 1. The van der Waals surface area contributed by atoms with Gasteiger partial charge in [-0.2, -0.15) is 13.2 Å². The van der Waals surface area contributed by atoms with Gasteiger partial charge in [-0.1, -0.05) is 0 Å². The minimum atomic E-state index is -4.76. The fourth-order valence-electron chi connectivity index (χ4n) is 2.45. The van der Waals surface area contributed by atoms with Crippen molar-refractivity contribution in [2.24, 2.45) is 5.92 Å².